The lowest BCUT2D eigenvalue weighted by molar-refractivity contribution is -0.120. The number of oxime groups is 1. The number of thiophene rings is 1. The first-order valence-corrected chi connectivity index (χ1v) is 9.89. The summed E-state index contributed by atoms with van der Waals surface area (Å²) < 4.78 is 0. The second-order valence-electron chi connectivity index (χ2n) is 5.67. The van der Waals surface area contributed by atoms with Crippen LogP contribution in [0.15, 0.2) is 41.0 Å². The van der Waals surface area contributed by atoms with E-state index in [2.05, 4.69) is 20.9 Å². The molecule has 0 bridgehead atoms. The number of hydrogen-bond acceptors (Lipinski definition) is 9. The fourth-order valence-corrected chi connectivity index (χ4v) is 4.30. The molecule has 1 unspecified atom stereocenters. The lowest BCUT2D eigenvalue weighted by Gasteiger charge is -2.22. The molecule has 3 heterocycles. The van der Waals surface area contributed by atoms with E-state index < -0.39 is 11.3 Å². The zero-order valence-electron chi connectivity index (χ0n) is 15.0. The van der Waals surface area contributed by atoms with Crippen molar-refractivity contribution in [3.05, 3.63) is 47.1 Å². The van der Waals surface area contributed by atoms with Gasteiger partial charge in [-0.3, -0.25) is 24.8 Å². The van der Waals surface area contributed by atoms with Crippen molar-refractivity contribution in [1.82, 2.24) is 15.4 Å². The lowest BCUT2D eigenvalue weighted by Crippen LogP contribution is -2.45. The highest BCUT2D eigenvalue weighted by Crippen LogP contribution is 2.36. The molecule has 2 aromatic heterocycles. The molecule has 2 N–H and O–H groups in total. The molecule has 2 amide bonds. The summed E-state index contributed by atoms with van der Waals surface area (Å²) in [5.41, 5.74) is 3.88. The van der Waals surface area contributed by atoms with E-state index in [1.807, 2.05) is 6.07 Å². The van der Waals surface area contributed by atoms with E-state index in [0.29, 0.717) is 16.3 Å². The van der Waals surface area contributed by atoms with E-state index in [4.69, 9.17) is 4.84 Å². The number of aromatic nitrogens is 1. The molecule has 1 atom stereocenters. The third-order valence-electron chi connectivity index (χ3n) is 3.58. The summed E-state index contributed by atoms with van der Waals surface area (Å²) >= 11 is 2.35. The maximum Gasteiger partial charge on any atom is 0.288 e. The molecule has 3 rings (SSSR count). The van der Waals surface area contributed by atoms with Gasteiger partial charge in [-0.25, -0.2) is 0 Å². The predicted octanol–water partition coefficient (Wildman–Crippen LogP) is 1.76. The first-order valence-electron chi connectivity index (χ1n) is 8.13. The summed E-state index contributed by atoms with van der Waals surface area (Å²) in [6, 6.07) is 7.01. The minimum atomic E-state index is -0.537. The fourth-order valence-electron chi connectivity index (χ4n) is 2.49. The van der Waals surface area contributed by atoms with Crippen LogP contribution in [0.1, 0.15) is 23.6 Å². The van der Waals surface area contributed by atoms with Gasteiger partial charge in [0.15, 0.2) is 5.71 Å². The summed E-state index contributed by atoms with van der Waals surface area (Å²) in [7, 11) is 1.33. The molecule has 146 valence electrons. The molecule has 0 spiro atoms. The van der Waals surface area contributed by atoms with Gasteiger partial charge in [0.2, 0.25) is 11.0 Å². The first-order chi connectivity index (χ1) is 13.5. The number of hydrogen-bond donors (Lipinski definition) is 2. The van der Waals surface area contributed by atoms with E-state index in [-0.39, 0.29) is 23.3 Å². The van der Waals surface area contributed by atoms with Crippen LogP contribution < -0.4 is 10.7 Å². The summed E-state index contributed by atoms with van der Waals surface area (Å²) in [5.74, 6) is -0.751. The molecule has 9 nitrogen and oxygen atoms in total. The Morgan fingerprint density at radius 2 is 2.21 bits per heavy atom. The quantitative estimate of drug-likeness (QED) is 0.542. The highest BCUT2D eigenvalue weighted by Gasteiger charge is 2.35. The van der Waals surface area contributed by atoms with Gasteiger partial charge in [-0.1, -0.05) is 23.0 Å². The van der Waals surface area contributed by atoms with Crippen LogP contribution in [0.4, 0.5) is 5.00 Å². The predicted molar refractivity (Wildman–Crippen MR) is 107 cm³/mol. The second-order valence-corrected chi connectivity index (χ2v) is 7.72. The molecule has 2 aromatic rings. The van der Waals surface area contributed by atoms with Crippen LogP contribution in [-0.4, -0.2) is 46.3 Å². The van der Waals surface area contributed by atoms with Gasteiger partial charge in [0.05, 0.1) is 17.2 Å². The second kappa shape index (κ2) is 8.95. The van der Waals surface area contributed by atoms with Crippen molar-refractivity contribution in [1.29, 1.82) is 0 Å². The molecule has 0 radical (unpaired) electrons. The molecule has 28 heavy (non-hydrogen) atoms. The van der Waals surface area contributed by atoms with Gasteiger partial charge in [-0.05, 0) is 18.2 Å². The number of hydrazine groups is 1. The van der Waals surface area contributed by atoms with Gasteiger partial charge in [0.25, 0.3) is 5.91 Å². The molecule has 0 saturated carbocycles. The van der Waals surface area contributed by atoms with Crippen molar-refractivity contribution in [2.45, 2.75) is 12.3 Å². The fraction of sp³-hybridized carbons (Fsp3) is 0.235. The van der Waals surface area contributed by atoms with Gasteiger partial charge < -0.3 is 10.2 Å². The zero-order valence-corrected chi connectivity index (χ0v) is 16.7. The largest absolute Gasteiger partial charge is 0.398 e. The Labute approximate surface area is 169 Å². The Bertz CT molecular complexity index is 915. The van der Waals surface area contributed by atoms with E-state index in [0.717, 1.165) is 11.8 Å². The number of carbonyl (C=O) groups excluding carboxylic acids is 3. The highest BCUT2D eigenvalue weighted by atomic mass is 32.2. The van der Waals surface area contributed by atoms with Crippen molar-refractivity contribution >= 4 is 50.7 Å². The minimum Gasteiger partial charge on any atom is -0.398 e. The maximum atomic E-state index is 12.8. The van der Waals surface area contributed by atoms with Crippen molar-refractivity contribution < 1.29 is 19.2 Å². The number of rotatable bonds is 6. The van der Waals surface area contributed by atoms with Crippen molar-refractivity contribution in [3.63, 3.8) is 0 Å². The maximum absolute atomic E-state index is 12.8. The molecule has 1 aliphatic heterocycles. The number of nitrogens with one attached hydrogen (secondary N) is 2. The SMILES string of the molecule is CO/N=C(\C(=O)NN1CC(=O)SC1c1ccccn1)c1csc(NC(C)=O)c1. The number of pyridine rings is 1. The number of thioether (sulfide) groups is 1. The number of carbonyl (C=O) groups is 3. The molecular weight excluding hydrogens is 402 g/mol. The third-order valence-corrected chi connectivity index (χ3v) is 5.54. The zero-order chi connectivity index (χ0) is 20.1. The van der Waals surface area contributed by atoms with Gasteiger partial charge in [-0.15, -0.1) is 11.3 Å². The topological polar surface area (TPSA) is 113 Å². The number of amides is 2. The minimum absolute atomic E-state index is 0.0273. The molecule has 0 aliphatic carbocycles. The Kier molecular flexibility index (Phi) is 6.39. The normalized spacial score (nSPS) is 17.4. The average molecular weight is 419 g/mol. The van der Waals surface area contributed by atoms with Crippen LogP contribution in [0.2, 0.25) is 0 Å². The molecule has 1 saturated heterocycles. The van der Waals surface area contributed by atoms with Crippen LogP contribution in [0.25, 0.3) is 0 Å². The summed E-state index contributed by atoms with van der Waals surface area (Å²) in [4.78, 5) is 45.0. The molecule has 1 aliphatic rings. The van der Waals surface area contributed by atoms with Crippen molar-refractivity contribution in [2.75, 3.05) is 19.0 Å². The third kappa shape index (κ3) is 4.74. The monoisotopic (exact) mass is 419 g/mol. The van der Waals surface area contributed by atoms with Gasteiger partial charge in [0, 0.05) is 24.1 Å². The van der Waals surface area contributed by atoms with Crippen LogP contribution in [0.3, 0.4) is 0 Å². The highest BCUT2D eigenvalue weighted by molar-refractivity contribution is 8.14. The van der Waals surface area contributed by atoms with Crippen LogP contribution >= 0.6 is 23.1 Å². The Hall–Kier alpha value is -2.76. The molecule has 0 aromatic carbocycles. The Morgan fingerprint density at radius 3 is 2.89 bits per heavy atom. The number of anilines is 1. The van der Waals surface area contributed by atoms with Crippen molar-refractivity contribution in [2.24, 2.45) is 5.16 Å². The smallest absolute Gasteiger partial charge is 0.288 e. The lowest BCUT2D eigenvalue weighted by atomic mass is 10.2. The first kappa shape index (κ1) is 20.0. The van der Waals surface area contributed by atoms with Crippen LogP contribution in [-0.2, 0) is 19.2 Å². The molecule has 11 heteroatoms. The van der Waals surface area contributed by atoms with Gasteiger partial charge in [0.1, 0.15) is 12.5 Å². The number of nitrogens with zero attached hydrogens (tertiary/aromatic N) is 3. The van der Waals surface area contributed by atoms with Crippen molar-refractivity contribution in [3.8, 4) is 0 Å². The summed E-state index contributed by atoms with van der Waals surface area (Å²) in [6.07, 6.45) is 1.63. The molecule has 1 fully saturated rings. The van der Waals surface area contributed by atoms with E-state index in [9.17, 15) is 14.4 Å². The Balaban J connectivity index is 1.78. The summed E-state index contributed by atoms with van der Waals surface area (Å²) in [5, 5.41) is 9.74. The van der Waals surface area contributed by atoms with Gasteiger partial charge in [-0.2, -0.15) is 5.01 Å². The van der Waals surface area contributed by atoms with E-state index in [1.165, 1.54) is 30.4 Å². The van der Waals surface area contributed by atoms with Crippen LogP contribution in [0.5, 0.6) is 0 Å². The van der Waals surface area contributed by atoms with Gasteiger partial charge >= 0.3 is 0 Å². The van der Waals surface area contributed by atoms with Crippen LogP contribution in [0, 0.1) is 0 Å². The van der Waals surface area contributed by atoms with E-state index in [1.54, 1.807) is 29.8 Å². The summed E-state index contributed by atoms with van der Waals surface area (Å²) in [6.45, 7) is 1.44. The van der Waals surface area contributed by atoms with E-state index >= 15 is 0 Å². The average Bonchev–Trinajstić information content (AvgIpc) is 3.26. The Morgan fingerprint density at radius 1 is 1.39 bits per heavy atom. The molecular formula is C17H17N5O4S2. The standard InChI is InChI=1S/C17H17N5O4S2/c1-10(23)19-13-7-11(9-27-13)15(21-26-2)16(25)20-22-8-14(24)28-17(22)12-5-3-4-6-18-12/h3-7,9,17H,8H2,1-2H3,(H,19,23)(H,20,25)/b21-15-.